The minimum atomic E-state index is 0.0655. The Morgan fingerprint density at radius 3 is 2.87 bits per heavy atom. The minimum absolute atomic E-state index is 0.0655. The molecule has 6 nitrogen and oxygen atoms in total. The van der Waals surface area contributed by atoms with Crippen molar-refractivity contribution in [1.82, 2.24) is 19.9 Å². The molecule has 1 amide bonds. The van der Waals surface area contributed by atoms with E-state index >= 15 is 0 Å². The van der Waals surface area contributed by atoms with Gasteiger partial charge in [0, 0.05) is 44.0 Å². The van der Waals surface area contributed by atoms with Crippen molar-refractivity contribution in [2.75, 3.05) is 18.4 Å². The van der Waals surface area contributed by atoms with E-state index in [-0.39, 0.29) is 5.91 Å². The molecule has 1 aliphatic rings. The fourth-order valence-corrected chi connectivity index (χ4v) is 3.75. The third-order valence-electron chi connectivity index (χ3n) is 5.20. The Hall–Kier alpha value is -3.54. The molecule has 1 aliphatic heterocycles. The van der Waals surface area contributed by atoms with Crippen molar-refractivity contribution in [3.63, 3.8) is 0 Å². The van der Waals surface area contributed by atoms with E-state index in [0.717, 1.165) is 49.6 Å². The lowest BCUT2D eigenvalue weighted by molar-refractivity contribution is -0.127. The highest BCUT2D eigenvalue weighted by Crippen LogP contribution is 2.23. The van der Waals surface area contributed by atoms with Crippen molar-refractivity contribution in [1.29, 1.82) is 0 Å². The van der Waals surface area contributed by atoms with Gasteiger partial charge in [0.2, 0.25) is 5.91 Å². The van der Waals surface area contributed by atoms with Crippen LogP contribution in [0.1, 0.15) is 24.0 Å². The van der Waals surface area contributed by atoms with Crippen LogP contribution in [0.2, 0.25) is 0 Å². The average molecular weight is 399 g/mol. The molecule has 1 atom stereocenters. The molecule has 0 spiro atoms. The van der Waals surface area contributed by atoms with Crippen molar-refractivity contribution < 1.29 is 4.79 Å². The van der Waals surface area contributed by atoms with Gasteiger partial charge in [-0.25, -0.2) is 9.97 Å². The summed E-state index contributed by atoms with van der Waals surface area (Å²) in [4.78, 5) is 27.3. The van der Waals surface area contributed by atoms with E-state index in [9.17, 15) is 4.79 Å². The van der Waals surface area contributed by atoms with Crippen molar-refractivity contribution >= 4 is 23.6 Å². The molecule has 0 saturated carbocycles. The highest BCUT2D eigenvalue weighted by atomic mass is 16.2. The van der Waals surface area contributed by atoms with E-state index in [1.54, 1.807) is 24.7 Å². The van der Waals surface area contributed by atoms with E-state index in [4.69, 9.17) is 0 Å². The lowest BCUT2D eigenvalue weighted by Crippen LogP contribution is -2.39. The quantitative estimate of drug-likeness (QED) is 0.632. The van der Waals surface area contributed by atoms with E-state index in [2.05, 4.69) is 26.3 Å². The maximum absolute atomic E-state index is 12.6. The molecule has 1 saturated heterocycles. The lowest BCUT2D eigenvalue weighted by atomic mass is 9.91. The number of hydrogen-bond donors (Lipinski definition) is 1. The van der Waals surface area contributed by atoms with Gasteiger partial charge in [-0.15, -0.1) is 0 Å². The van der Waals surface area contributed by atoms with Gasteiger partial charge in [0.25, 0.3) is 0 Å². The second kappa shape index (κ2) is 9.78. The number of likely N-dealkylation sites (tertiary alicyclic amines) is 1. The van der Waals surface area contributed by atoms with Gasteiger partial charge in [0.05, 0.1) is 0 Å². The fraction of sp³-hybridized carbons (Fsp3) is 0.250. The highest BCUT2D eigenvalue weighted by Gasteiger charge is 2.22. The number of nitrogens with zero attached hydrogens (tertiary/aromatic N) is 4. The molecular formula is C24H25N5O. The zero-order chi connectivity index (χ0) is 20.6. The molecule has 3 aromatic heterocycles. The zero-order valence-corrected chi connectivity index (χ0v) is 16.8. The number of pyridine rings is 3. The molecule has 1 N–H and O–H groups in total. The Morgan fingerprint density at radius 1 is 1.10 bits per heavy atom. The molecule has 4 rings (SSSR count). The van der Waals surface area contributed by atoms with E-state index in [1.165, 1.54) is 5.56 Å². The molecule has 152 valence electrons. The van der Waals surface area contributed by atoms with Gasteiger partial charge in [0.1, 0.15) is 11.6 Å². The largest absolute Gasteiger partial charge is 0.339 e. The van der Waals surface area contributed by atoms with Crippen LogP contribution in [0.15, 0.2) is 73.3 Å². The third kappa shape index (κ3) is 5.50. The molecule has 0 aliphatic carbocycles. The molecule has 0 unspecified atom stereocenters. The van der Waals surface area contributed by atoms with Crippen molar-refractivity contribution in [2.45, 2.75) is 19.3 Å². The number of amides is 1. The van der Waals surface area contributed by atoms with Crippen molar-refractivity contribution in [2.24, 2.45) is 5.92 Å². The number of carbonyl (C=O) groups is 1. The van der Waals surface area contributed by atoms with Crippen LogP contribution in [0.3, 0.4) is 0 Å². The summed E-state index contributed by atoms with van der Waals surface area (Å²) in [5.41, 5.74) is 2.15. The normalized spacial score (nSPS) is 16.5. The minimum Gasteiger partial charge on any atom is -0.339 e. The maximum Gasteiger partial charge on any atom is 0.246 e. The Bertz CT molecular complexity index is 991. The van der Waals surface area contributed by atoms with E-state index in [1.807, 2.05) is 53.6 Å². The summed E-state index contributed by atoms with van der Waals surface area (Å²) in [5.74, 6) is 2.07. The number of aromatic nitrogens is 3. The molecule has 6 heteroatoms. The number of piperidine rings is 1. The van der Waals surface area contributed by atoms with Gasteiger partial charge in [-0.1, -0.05) is 12.1 Å². The number of hydrogen-bond acceptors (Lipinski definition) is 5. The zero-order valence-electron chi connectivity index (χ0n) is 16.8. The van der Waals surface area contributed by atoms with Gasteiger partial charge >= 0.3 is 0 Å². The topological polar surface area (TPSA) is 71.0 Å². The summed E-state index contributed by atoms with van der Waals surface area (Å²) in [6.45, 7) is 1.59. The van der Waals surface area contributed by atoms with Crippen LogP contribution in [0.25, 0.3) is 6.08 Å². The van der Waals surface area contributed by atoms with Crippen LogP contribution in [0, 0.1) is 5.92 Å². The highest BCUT2D eigenvalue weighted by molar-refractivity contribution is 5.91. The second-order valence-electron chi connectivity index (χ2n) is 7.51. The van der Waals surface area contributed by atoms with Crippen LogP contribution >= 0.6 is 0 Å². The summed E-state index contributed by atoms with van der Waals surface area (Å²) in [7, 11) is 0. The fourth-order valence-electron chi connectivity index (χ4n) is 3.75. The van der Waals surface area contributed by atoms with Crippen LogP contribution in [0.5, 0.6) is 0 Å². The molecule has 4 heterocycles. The molecule has 3 aromatic rings. The Kier molecular flexibility index (Phi) is 6.44. The first-order valence-electron chi connectivity index (χ1n) is 10.3. The van der Waals surface area contributed by atoms with Gasteiger partial charge < -0.3 is 10.2 Å². The van der Waals surface area contributed by atoms with Gasteiger partial charge in [-0.05, 0) is 72.7 Å². The summed E-state index contributed by atoms with van der Waals surface area (Å²) < 4.78 is 0. The molecule has 30 heavy (non-hydrogen) atoms. The number of carbonyl (C=O) groups excluding carboxylic acids is 1. The SMILES string of the molecule is O=C(/C=C/c1cccnc1)N1CCC[C@@H](Cc2ccnc(Nc3ccccn3)c2)C1. The lowest BCUT2D eigenvalue weighted by Gasteiger charge is -2.32. The predicted molar refractivity (Wildman–Crippen MR) is 118 cm³/mol. The monoisotopic (exact) mass is 399 g/mol. The number of anilines is 2. The molecule has 0 radical (unpaired) electrons. The number of nitrogens with one attached hydrogen (secondary N) is 1. The average Bonchev–Trinajstić information content (AvgIpc) is 2.79. The molecule has 0 bridgehead atoms. The second-order valence-corrected chi connectivity index (χ2v) is 7.51. The van der Waals surface area contributed by atoms with Gasteiger partial charge in [-0.2, -0.15) is 0 Å². The predicted octanol–water partition coefficient (Wildman–Crippen LogP) is 4.11. The Balaban J connectivity index is 1.35. The van der Waals surface area contributed by atoms with Crippen LogP contribution in [0.4, 0.5) is 11.6 Å². The molecule has 0 aromatic carbocycles. The summed E-state index contributed by atoms with van der Waals surface area (Å²) in [6.07, 6.45) is 13.6. The summed E-state index contributed by atoms with van der Waals surface area (Å²) in [6, 6.07) is 13.7. The first-order chi connectivity index (χ1) is 14.8. The third-order valence-corrected chi connectivity index (χ3v) is 5.20. The van der Waals surface area contributed by atoms with Crippen LogP contribution < -0.4 is 5.32 Å². The van der Waals surface area contributed by atoms with E-state index < -0.39 is 0 Å². The standard InChI is InChI=1S/C24H25N5O/c30-24(9-8-19-5-3-11-25-17-19)29-14-4-6-21(18-29)15-20-10-13-27-23(16-20)28-22-7-1-2-12-26-22/h1-3,5,7-13,16-17,21H,4,6,14-15,18H2,(H,26,27,28)/b9-8+/t21-/m0/s1. The van der Waals surface area contributed by atoms with E-state index in [0.29, 0.717) is 5.92 Å². The summed E-state index contributed by atoms with van der Waals surface area (Å²) >= 11 is 0. The van der Waals surface area contributed by atoms with Crippen molar-refractivity contribution in [3.8, 4) is 0 Å². The van der Waals surface area contributed by atoms with Crippen LogP contribution in [-0.2, 0) is 11.2 Å². The smallest absolute Gasteiger partial charge is 0.246 e. The van der Waals surface area contributed by atoms with Gasteiger partial charge in [-0.3, -0.25) is 9.78 Å². The van der Waals surface area contributed by atoms with Gasteiger partial charge in [0.15, 0.2) is 0 Å². The maximum atomic E-state index is 12.6. The number of rotatable bonds is 6. The molecule has 1 fully saturated rings. The van der Waals surface area contributed by atoms with Crippen LogP contribution in [-0.4, -0.2) is 38.8 Å². The Labute approximate surface area is 176 Å². The molecular weight excluding hydrogens is 374 g/mol. The summed E-state index contributed by atoms with van der Waals surface area (Å²) in [5, 5.41) is 3.24. The Morgan fingerprint density at radius 2 is 2.03 bits per heavy atom. The first kappa shape index (κ1) is 19.8. The first-order valence-corrected chi connectivity index (χ1v) is 10.3. The van der Waals surface area contributed by atoms with Crippen molar-refractivity contribution in [3.05, 3.63) is 84.5 Å².